The molecule has 0 aliphatic heterocycles. The normalized spacial score (nSPS) is 14.6. The molecular weight excluding hydrogens is 224 g/mol. The molecule has 2 unspecified atom stereocenters. The highest BCUT2D eigenvalue weighted by molar-refractivity contribution is 5.50. The highest BCUT2D eigenvalue weighted by Gasteiger charge is 2.18. The first-order chi connectivity index (χ1) is 8.36. The van der Waals surface area contributed by atoms with Crippen LogP contribution in [0.5, 0.6) is 0 Å². The van der Waals surface area contributed by atoms with E-state index in [0.29, 0.717) is 5.92 Å². The second-order valence-electron chi connectivity index (χ2n) is 5.59. The predicted octanol–water partition coefficient (Wildman–Crippen LogP) is 2.10. The monoisotopic (exact) mass is 252 g/mol. The van der Waals surface area contributed by atoms with Crippen molar-refractivity contribution in [2.75, 3.05) is 18.5 Å². The molecule has 1 aromatic rings. The van der Waals surface area contributed by atoms with Gasteiger partial charge in [0.15, 0.2) is 0 Å². The fraction of sp³-hybridized carbons (Fsp3) is 0.786. The molecule has 0 spiro atoms. The summed E-state index contributed by atoms with van der Waals surface area (Å²) < 4.78 is 1.98. The van der Waals surface area contributed by atoms with Crippen molar-refractivity contribution in [3.05, 3.63) is 11.3 Å². The standard InChI is InChI=1S/C14H28N4/c1-7-10(2)9-17(5)14-13(8-11(3)15)12(4)16-18(14)6/h10-11H,7-9,15H2,1-6H3. The number of rotatable bonds is 6. The summed E-state index contributed by atoms with van der Waals surface area (Å²) in [4.78, 5) is 2.31. The van der Waals surface area contributed by atoms with Crippen LogP contribution in [0.15, 0.2) is 0 Å². The maximum Gasteiger partial charge on any atom is 0.129 e. The smallest absolute Gasteiger partial charge is 0.129 e. The zero-order chi connectivity index (χ0) is 13.9. The van der Waals surface area contributed by atoms with E-state index in [2.05, 4.69) is 37.8 Å². The molecular formula is C14H28N4. The average molecular weight is 252 g/mol. The minimum atomic E-state index is 0.170. The van der Waals surface area contributed by atoms with Crippen LogP contribution in [-0.2, 0) is 13.5 Å². The van der Waals surface area contributed by atoms with Gasteiger partial charge in [-0.3, -0.25) is 4.68 Å². The first kappa shape index (κ1) is 15.0. The quantitative estimate of drug-likeness (QED) is 0.843. The van der Waals surface area contributed by atoms with Gasteiger partial charge in [0.25, 0.3) is 0 Å². The zero-order valence-electron chi connectivity index (χ0n) is 12.7. The van der Waals surface area contributed by atoms with E-state index in [-0.39, 0.29) is 6.04 Å². The Balaban J connectivity index is 2.98. The summed E-state index contributed by atoms with van der Waals surface area (Å²) in [5, 5.41) is 4.54. The number of hydrogen-bond donors (Lipinski definition) is 1. The molecule has 104 valence electrons. The van der Waals surface area contributed by atoms with Crippen molar-refractivity contribution < 1.29 is 0 Å². The zero-order valence-corrected chi connectivity index (χ0v) is 12.7. The van der Waals surface area contributed by atoms with Crippen LogP contribution in [0, 0.1) is 12.8 Å². The minimum Gasteiger partial charge on any atom is -0.359 e. The van der Waals surface area contributed by atoms with E-state index in [1.54, 1.807) is 0 Å². The van der Waals surface area contributed by atoms with E-state index < -0.39 is 0 Å². The van der Waals surface area contributed by atoms with E-state index in [0.717, 1.165) is 18.7 Å². The maximum atomic E-state index is 5.94. The Morgan fingerprint density at radius 2 is 2.00 bits per heavy atom. The van der Waals surface area contributed by atoms with Crippen LogP contribution in [0.25, 0.3) is 0 Å². The van der Waals surface area contributed by atoms with Crippen LogP contribution in [0.2, 0.25) is 0 Å². The van der Waals surface area contributed by atoms with Crippen molar-refractivity contribution in [1.82, 2.24) is 9.78 Å². The summed E-state index contributed by atoms with van der Waals surface area (Å²) in [7, 11) is 4.16. The van der Waals surface area contributed by atoms with Gasteiger partial charge < -0.3 is 10.6 Å². The molecule has 4 nitrogen and oxygen atoms in total. The molecule has 18 heavy (non-hydrogen) atoms. The van der Waals surface area contributed by atoms with E-state index >= 15 is 0 Å². The molecule has 2 atom stereocenters. The lowest BCUT2D eigenvalue weighted by Crippen LogP contribution is -2.27. The third-order valence-electron chi connectivity index (χ3n) is 3.48. The van der Waals surface area contributed by atoms with Crippen LogP contribution in [-0.4, -0.2) is 29.4 Å². The predicted molar refractivity (Wildman–Crippen MR) is 78.0 cm³/mol. The summed E-state index contributed by atoms with van der Waals surface area (Å²) in [5.74, 6) is 1.90. The van der Waals surface area contributed by atoms with Gasteiger partial charge in [0.2, 0.25) is 0 Å². The van der Waals surface area contributed by atoms with Gasteiger partial charge in [-0.25, -0.2) is 0 Å². The summed E-state index contributed by atoms with van der Waals surface area (Å²) in [6, 6.07) is 0.170. The van der Waals surface area contributed by atoms with Crippen molar-refractivity contribution in [2.24, 2.45) is 18.7 Å². The third kappa shape index (κ3) is 3.48. The summed E-state index contributed by atoms with van der Waals surface area (Å²) in [6.07, 6.45) is 2.09. The average Bonchev–Trinajstić information content (AvgIpc) is 2.52. The summed E-state index contributed by atoms with van der Waals surface area (Å²) in [5.41, 5.74) is 8.33. The SMILES string of the molecule is CCC(C)CN(C)c1c(CC(C)N)c(C)nn1C. The van der Waals surface area contributed by atoms with Gasteiger partial charge in [-0.1, -0.05) is 20.3 Å². The Kier molecular flexibility index (Phi) is 5.20. The van der Waals surface area contributed by atoms with Crippen molar-refractivity contribution in [3.8, 4) is 0 Å². The van der Waals surface area contributed by atoms with Gasteiger partial charge in [-0.2, -0.15) is 5.10 Å². The van der Waals surface area contributed by atoms with Crippen LogP contribution < -0.4 is 10.6 Å². The van der Waals surface area contributed by atoms with Gasteiger partial charge >= 0.3 is 0 Å². The molecule has 1 aromatic heterocycles. The van der Waals surface area contributed by atoms with Gasteiger partial charge in [-0.15, -0.1) is 0 Å². The Bertz CT molecular complexity index is 381. The lowest BCUT2D eigenvalue weighted by atomic mass is 10.1. The number of anilines is 1. The van der Waals surface area contributed by atoms with Crippen molar-refractivity contribution in [3.63, 3.8) is 0 Å². The summed E-state index contributed by atoms with van der Waals surface area (Å²) in [6.45, 7) is 9.69. The molecule has 0 radical (unpaired) electrons. The van der Waals surface area contributed by atoms with Crippen molar-refractivity contribution >= 4 is 5.82 Å². The molecule has 1 heterocycles. The lowest BCUT2D eigenvalue weighted by Gasteiger charge is -2.24. The van der Waals surface area contributed by atoms with Gasteiger partial charge in [-0.05, 0) is 26.2 Å². The van der Waals surface area contributed by atoms with Gasteiger partial charge in [0.05, 0.1) is 5.69 Å². The second-order valence-corrected chi connectivity index (χ2v) is 5.59. The first-order valence-corrected chi connectivity index (χ1v) is 6.85. The maximum absolute atomic E-state index is 5.94. The van der Waals surface area contributed by atoms with Crippen molar-refractivity contribution in [2.45, 2.75) is 46.6 Å². The number of aromatic nitrogens is 2. The van der Waals surface area contributed by atoms with Crippen LogP contribution >= 0.6 is 0 Å². The Morgan fingerprint density at radius 1 is 1.39 bits per heavy atom. The fourth-order valence-corrected chi connectivity index (χ4v) is 2.41. The third-order valence-corrected chi connectivity index (χ3v) is 3.48. The number of nitrogens with zero attached hydrogens (tertiary/aromatic N) is 3. The van der Waals surface area contributed by atoms with Crippen molar-refractivity contribution in [1.29, 1.82) is 0 Å². The molecule has 0 aromatic carbocycles. The van der Waals surface area contributed by atoms with E-state index in [4.69, 9.17) is 5.73 Å². The first-order valence-electron chi connectivity index (χ1n) is 6.85. The fourth-order valence-electron chi connectivity index (χ4n) is 2.41. The molecule has 0 bridgehead atoms. The van der Waals surface area contributed by atoms with Crippen LogP contribution in [0.1, 0.15) is 38.4 Å². The molecule has 0 saturated heterocycles. The van der Waals surface area contributed by atoms with E-state index in [1.165, 1.54) is 17.8 Å². The number of hydrogen-bond acceptors (Lipinski definition) is 3. The second kappa shape index (κ2) is 6.23. The Labute approximate surface area is 111 Å². The van der Waals surface area contributed by atoms with Crippen LogP contribution in [0.4, 0.5) is 5.82 Å². The molecule has 4 heteroatoms. The molecule has 0 fully saturated rings. The highest BCUT2D eigenvalue weighted by atomic mass is 15.4. The Morgan fingerprint density at radius 3 is 2.50 bits per heavy atom. The highest BCUT2D eigenvalue weighted by Crippen LogP contribution is 2.24. The number of aryl methyl sites for hydroxylation is 2. The topological polar surface area (TPSA) is 47.1 Å². The molecule has 0 saturated carbocycles. The van der Waals surface area contributed by atoms with E-state index in [1.807, 2.05) is 18.7 Å². The van der Waals surface area contributed by atoms with E-state index in [9.17, 15) is 0 Å². The van der Waals surface area contributed by atoms with Gasteiger partial charge in [0.1, 0.15) is 5.82 Å². The largest absolute Gasteiger partial charge is 0.359 e. The molecule has 2 N–H and O–H groups in total. The number of nitrogens with two attached hydrogens (primary N) is 1. The Hall–Kier alpha value is -1.03. The molecule has 0 aliphatic rings. The summed E-state index contributed by atoms with van der Waals surface area (Å²) >= 11 is 0. The molecule has 0 amide bonds. The minimum absolute atomic E-state index is 0.170. The lowest BCUT2D eigenvalue weighted by molar-refractivity contribution is 0.550. The van der Waals surface area contributed by atoms with Crippen LogP contribution in [0.3, 0.4) is 0 Å². The molecule has 0 aliphatic carbocycles. The molecule has 1 rings (SSSR count). The van der Waals surface area contributed by atoms with Gasteiger partial charge in [0, 0.05) is 32.2 Å².